The molecule has 8 rings (SSSR count). The minimum atomic E-state index is -3.61. The van der Waals surface area contributed by atoms with Gasteiger partial charge in [0.05, 0.1) is 96.1 Å². The van der Waals surface area contributed by atoms with Crippen LogP contribution in [0.3, 0.4) is 0 Å². The van der Waals surface area contributed by atoms with Crippen LogP contribution in [0.25, 0.3) is 0 Å². The number of ether oxygens (including phenoxy) is 17. The number of carboxylic acids is 2. The van der Waals surface area contributed by atoms with Crippen LogP contribution in [0.4, 0.5) is 8.78 Å². The number of halogens is 2. The summed E-state index contributed by atoms with van der Waals surface area (Å²) >= 11 is 0. The third-order valence-corrected chi connectivity index (χ3v) is 22.2. The van der Waals surface area contributed by atoms with E-state index in [9.17, 15) is 162 Å². The van der Waals surface area contributed by atoms with Gasteiger partial charge < -0.3 is 234 Å². The van der Waals surface area contributed by atoms with E-state index in [1.54, 1.807) is 0 Å². The number of alkyl halides is 2. The number of nitrogens with one attached hydrogen (secondary N) is 1. The molecule has 118 heavy (non-hydrogen) atoms. The first-order valence-corrected chi connectivity index (χ1v) is 37.4. The summed E-state index contributed by atoms with van der Waals surface area (Å²) in [5.74, 6) is -17.1. The van der Waals surface area contributed by atoms with E-state index in [1.165, 1.54) is 6.92 Å². The predicted molar refractivity (Wildman–Crippen MR) is 360 cm³/mol. The second-order valence-corrected chi connectivity index (χ2v) is 30.0. The fraction of sp³-hybridized carbons (Fsp3) is 0.955. The number of carbonyl (C=O) groups is 3. The maximum Gasteiger partial charge on any atom is 0.367 e. The fourth-order valence-electron chi connectivity index (χ4n) is 14.8. The second-order valence-electron chi connectivity index (χ2n) is 30.0. The maximum absolute atomic E-state index is 16.0. The highest BCUT2D eigenvalue weighted by Gasteiger charge is 2.66. The van der Waals surface area contributed by atoms with Crippen molar-refractivity contribution in [2.45, 2.75) is 310 Å². The number of amides is 1. The molecule has 688 valence electrons. The molecule has 8 aliphatic heterocycles. The lowest BCUT2D eigenvalue weighted by Gasteiger charge is -2.50. The number of aliphatic hydroxyl groups is 27. The molecule has 0 bridgehead atoms. The van der Waals surface area contributed by atoms with Crippen LogP contribution in [-0.2, 0) is 94.9 Å². The molecule has 17 unspecified atom stereocenters. The minimum absolute atomic E-state index is 0.823. The van der Waals surface area contributed by atoms with Gasteiger partial charge in [0.2, 0.25) is 5.91 Å². The van der Waals surface area contributed by atoms with Gasteiger partial charge in [-0.05, 0) is 6.42 Å². The van der Waals surface area contributed by atoms with Gasteiger partial charge in [-0.15, -0.1) is 0 Å². The van der Waals surface area contributed by atoms with Gasteiger partial charge in [0, 0.05) is 31.8 Å². The van der Waals surface area contributed by atoms with Crippen LogP contribution in [0.15, 0.2) is 0 Å². The molecular formula is C66H111F2NO49. The molecule has 0 saturated carbocycles. The van der Waals surface area contributed by atoms with Crippen molar-refractivity contribution < 1.29 is 252 Å². The molecule has 30 N–H and O–H groups in total. The molecule has 1 amide bonds. The molecule has 50 nitrogen and oxygen atoms in total. The van der Waals surface area contributed by atoms with Crippen molar-refractivity contribution in [3.63, 3.8) is 0 Å². The Morgan fingerprint density at radius 3 is 1.20 bits per heavy atom. The highest BCUT2D eigenvalue weighted by Crippen LogP contribution is 2.44. The molecule has 8 fully saturated rings. The number of hydrogen-bond donors (Lipinski definition) is 30. The SMILES string of the molecule is CO[C@H](O)C(O)[C@@H](O[C@H]1O[C@@H](CO)[C@@H](O)C(O)C1O[C@@H]1OC(CO)[C@@H](O[C@@H]2OC(CO[C@@]3(C(=O)O)OC([C@H](O)[C@H](O)CO)[C@H](C)[C@H](O)C3F)[C@H](O)[C@H](O)C2O)[C@H](O)C1NC(C)=O)[C@H](O)CCO[C@H]1OC(CO)[C@@H](O)C(O)[C@H]1O[C@@H]1OC(CO)[C@@H](O[C@@H]2OC(CO[C@@]3(C(=O)O)OC([C@H](O)[C@H](O)CO)[C@H](C)[C@H](O)C3F)[C@H](O)[C@H](O)C2O)[C@H](O)C1C. The van der Waals surface area contributed by atoms with E-state index >= 15 is 8.78 Å². The van der Waals surface area contributed by atoms with E-state index in [2.05, 4.69) is 5.32 Å². The molecule has 52 heteroatoms. The number of carbonyl (C=O) groups excluding carboxylic acids is 1. The third-order valence-electron chi connectivity index (χ3n) is 22.2. The van der Waals surface area contributed by atoms with Crippen molar-refractivity contribution in [2.75, 3.05) is 66.6 Å². The molecule has 0 spiro atoms. The molecule has 0 aromatic carbocycles. The predicted octanol–water partition coefficient (Wildman–Crippen LogP) is -17.7. The summed E-state index contributed by atoms with van der Waals surface area (Å²) in [6.45, 7) is -5.99. The zero-order valence-electron chi connectivity index (χ0n) is 63.5. The first-order valence-electron chi connectivity index (χ1n) is 37.4. The largest absolute Gasteiger partial charge is 0.477 e. The Kier molecular flexibility index (Phi) is 36.1. The van der Waals surface area contributed by atoms with Crippen LogP contribution in [0.5, 0.6) is 0 Å². The first kappa shape index (κ1) is 99.9. The average Bonchev–Trinajstić information content (AvgIpc) is 0.755. The average molecular weight is 1740 g/mol. The summed E-state index contributed by atoms with van der Waals surface area (Å²) in [5, 5.41) is 317. The summed E-state index contributed by atoms with van der Waals surface area (Å²) in [4.78, 5) is 38.4. The normalized spacial score (nSPS) is 46.7. The van der Waals surface area contributed by atoms with Gasteiger partial charge in [-0.2, -0.15) is 0 Å². The van der Waals surface area contributed by atoms with Crippen molar-refractivity contribution in [1.29, 1.82) is 0 Å². The van der Waals surface area contributed by atoms with Gasteiger partial charge >= 0.3 is 23.5 Å². The zero-order chi connectivity index (χ0) is 88.1. The molecule has 8 saturated heterocycles. The molecular weight excluding hydrogens is 1630 g/mol. The van der Waals surface area contributed by atoms with Gasteiger partial charge in [0.1, 0.15) is 171 Å². The van der Waals surface area contributed by atoms with Crippen LogP contribution in [0, 0.1) is 17.8 Å². The van der Waals surface area contributed by atoms with Crippen molar-refractivity contribution in [1.82, 2.24) is 5.32 Å². The van der Waals surface area contributed by atoms with Crippen molar-refractivity contribution in [3.8, 4) is 0 Å². The Morgan fingerprint density at radius 1 is 0.424 bits per heavy atom. The van der Waals surface area contributed by atoms with Crippen LogP contribution in [0.1, 0.15) is 34.1 Å². The standard InChI is InChI=1S/C66H111F2NO49/c1-16-31(81)54(67)65(63(98)99,117-47(16)33(83)21(78)8-70)104-14-27-37(87)40(90)44(94)59(110-27)113-50-25(12-74)108-57(18(3)30(50)80)115-52-42(92)35(85)23(10-72)106-61(52)103-7-6-20(77)49(46(96)56(97)102-5)112-62-53(43(93)36(86)24(11-73)107-62)116-58-29(69-19(4)76)39(89)51(26(13-75)109-58)114-60-45(95)41(91)38(88)28(111-60)15-105-66(64(100)101)55(68)32(82)17(2)48(118-66)34(84)22(79)9-71/h16-18,20-62,70-75,77-97H,6-15H2,1-5H3,(H,69,76)(H,98,99)(H,100,101)/t16-,17-,18?,20-,21-,22-,23?,24+,25?,26?,27?,28?,29?,30-,31+,32+,33-,34-,35-,36-,37+,38+,39-,40+,41+,42?,43?,44?,45?,46?,47?,48?,49+,50-,51-,52-,53?,54?,55?,56+,57+,58+,59+,60+,61+,62-,65-,66-/m1/s1. The smallest absolute Gasteiger partial charge is 0.367 e. The van der Waals surface area contributed by atoms with Crippen molar-refractivity contribution in [3.05, 3.63) is 0 Å². The number of carboxylic acid groups (broad SMARTS) is 2. The summed E-state index contributed by atoms with van der Waals surface area (Å²) in [6, 6.07) is -2.04. The number of methoxy groups -OCH3 is 1. The van der Waals surface area contributed by atoms with E-state index in [1.807, 2.05) is 0 Å². The maximum atomic E-state index is 16.0. The van der Waals surface area contributed by atoms with Gasteiger partial charge in [-0.3, -0.25) is 4.79 Å². The Balaban J connectivity index is 0.959. The molecule has 0 aromatic rings. The Labute approximate surface area is 667 Å². The van der Waals surface area contributed by atoms with Crippen LogP contribution in [0.2, 0.25) is 0 Å². The summed E-state index contributed by atoms with van der Waals surface area (Å²) < 4.78 is 128. The molecule has 48 atom stereocenters. The van der Waals surface area contributed by atoms with E-state index in [0.717, 1.165) is 27.9 Å². The second kappa shape index (κ2) is 42.7. The van der Waals surface area contributed by atoms with Crippen molar-refractivity contribution >= 4 is 17.8 Å². The van der Waals surface area contributed by atoms with E-state index < -0.39 is 377 Å². The number of hydrogen-bond acceptors (Lipinski definition) is 47. The molecule has 8 aliphatic rings. The van der Waals surface area contributed by atoms with E-state index in [0.29, 0.717) is 0 Å². The summed E-state index contributed by atoms with van der Waals surface area (Å²) in [6.07, 6.45) is -92.6. The Hall–Kier alpha value is -3.49. The van der Waals surface area contributed by atoms with Crippen LogP contribution >= 0.6 is 0 Å². The molecule has 0 radical (unpaired) electrons. The molecule has 0 aromatic heterocycles. The highest BCUT2D eigenvalue weighted by atomic mass is 19.1. The first-order chi connectivity index (χ1) is 55.4. The van der Waals surface area contributed by atoms with Gasteiger partial charge in [0.15, 0.2) is 56.4 Å². The highest BCUT2D eigenvalue weighted by molar-refractivity contribution is 5.77. The lowest BCUT2D eigenvalue weighted by Crippen LogP contribution is -2.70. The van der Waals surface area contributed by atoms with E-state index in [-0.39, 0.29) is 0 Å². The zero-order valence-corrected chi connectivity index (χ0v) is 63.5. The van der Waals surface area contributed by atoms with Crippen molar-refractivity contribution in [2.24, 2.45) is 17.8 Å². The summed E-state index contributed by atoms with van der Waals surface area (Å²) in [5.41, 5.74) is 0. The Bertz CT molecular complexity index is 3100. The Morgan fingerprint density at radius 2 is 0.797 bits per heavy atom. The molecule has 0 aliphatic carbocycles. The molecule has 8 heterocycles. The number of rotatable bonds is 37. The monoisotopic (exact) mass is 1740 g/mol. The lowest BCUT2D eigenvalue weighted by atomic mass is 9.83. The quantitative estimate of drug-likeness (QED) is 0.0257. The van der Waals surface area contributed by atoms with Gasteiger partial charge in [0.25, 0.3) is 0 Å². The topological polar surface area (TPSA) is 807 Å². The fourth-order valence-corrected chi connectivity index (χ4v) is 14.8. The minimum Gasteiger partial charge on any atom is -0.477 e. The number of aliphatic hydroxyl groups excluding tert-OH is 27. The van der Waals surface area contributed by atoms with Gasteiger partial charge in [-0.25, -0.2) is 18.4 Å². The lowest BCUT2D eigenvalue weighted by molar-refractivity contribution is -0.385. The number of aliphatic carboxylic acids is 2. The van der Waals surface area contributed by atoms with Crippen LogP contribution < -0.4 is 5.32 Å². The summed E-state index contributed by atoms with van der Waals surface area (Å²) in [7, 11) is 0.863. The van der Waals surface area contributed by atoms with E-state index in [4.69, 9.17) is 80.5 Å². The van der Waals surface area contributed by atoms with Crippen LogP contribution in [-0.4, -0.2) is 508 Å². The third kappa shape index (κ3) is 20.9. The van der Waals surface area contributed by atoms with Gasteiger partial charge in [-0.1, -0.05) is 20.8 Å².